The van der Waals surface area contributed by atoms with E-state index < -0.39 is 5.91 Å². The molecule has 4 N–H and O–H groups in total. The number of carbonyl (C=O) groups excluding carboxylic acids is 2. The normalized spacial score (nSPS) is 10.8. The summed E-state index contributed by atoms with van der Waals surface area (Å²) in [6.07, 6.45) is 0. The van der Waals surface area contributed by atoms with E-state index in [1.54, 1.807) is 60.7 Å². The van der Waals surface area contributed by atoms with Crippen molar-refractivity contribution in [1.82, 2.24) is 9.55 Å². The Bertz CT molecular complexity index is 1280. The van der Waals surface area contributed by atoms with Gasteiger partial charge in [-0.2, -0.15) is 0 Å². The SMILES string of the molecule is Cn1c(CNc2ccc(C(N)=O)cc2)nc2cc(C(=O)Nc3cccc(Cl)c3)ccc21. The summed E-state index contributed by atoms with van der Waals surface area (Å²) in [6, 6.07) is 19.3. The standard InChI is InChI=1S/C23H20ClN5O2/c1-29-20-10-7-15(23(31)27-18-4-2-3-16(24)12-18)11-19(20)28-21(29)13-26-17-8-5-14(6-9-17)22(25)30/h2-12,26H,13H2,1H3,(H2,25,30)(H,27,31). The molecule has 4 rings (SSSR count). The number of aryl methyl sites for hydroxylation is 1. The van der Waals surface area contributed by atoms with E-state index in [2.05, 4.69) is 15.6 Å². The van der Waals surface area contributed by atoms with E-state index in [4.69, 9.17) is 17.3 Å². The van der Waals surface area contributed by atoms with Crippen LogP contribution in [0.2, 0.25) is 5.02 Å². The molecule has 7 nitrogen and oxygen atoms in total. The molecule has 1 aromatic heterocycles. The van der Waals surface area contributed by atoms with Crippen LogP contribution in [0.1, 0.15) is 26.5 Å². The summed E-state index contributed by atoms with van der Waals surface area (Å²) in [5.74, 6) is 0.113. The van der Waals surface area contributed by atoms with Crippen LogP contribution in [0.4, 0.5) is 11.4 Å². The lowest BCUT2D eigenvalue weighted by Crippen LogP contribution is -2.11. The van der Waals surface area contributed by atoms with Crippen molar-refractivity contribution in [3.05, 3.63) is 88.7 Å². The van der Waals surface area contributed by atoms with Gasteiger partial charge in [0.25, 0.3) is 5.91 Å². The molecule has 0 aliphatic rings. The number of rotatable bonds is 6. The molecule has 0 fully saturated rings. The Labute approximate surface area is 183 Å². The van der Waals surface area contributed by atoms with Crippen LogP contribution in [0.5, 0.6) is 0 Å². The molecule has 0 aliphatic carbocycles. The number of imidazole rings is 1. The predicted octanol–water partition coefficient (Wildman–Crippen LogP) is 4.19. The van der Waals surface area contributed by atoms with Gasteiger partial charge in [-0.15, -0.1) is 0 Å². The summed E-state index contributed by atoms with van der Waals surface area (Å²) in [5, 5.41) is 6.67. The van der Waals surface area contributed by atoms with Crippen LogP contribution in [0, 0.1) is 0 Å². The maximum absolute atomic E-state index is 12.6. The smallest absolute Gasteiger partial charge is 0.255 e. The van der Waals surface area contributed by atoms with Gasteiger partial charge in [0, 0.05) is 34.6 Å². The van der Waals surface area contributed by atoms with Crippen molar-refractivity contribution in [3.8, 4) is 0 Å². The maximum atomic E-state index is 12.6. The molecule has 0 saturated carbocycles. The molecule has 0 bridgehead atoms. The number of anilines is 2. The summed E-state index contributed by atoms with van der Waals surface area (Å²) in [6.45, 7) is 0.477. The minimum atomic E-state index is -0.461. The summed E-state index contributed by atoms with van der Waals surface area (Å²) in [4.78, 5) is 28.5. The first-order valence-electron chi connectivity index (χ1n) is 9.57. The highest BCUT2D eigenvalue weighted by Gasteiger charge is 2.12. The minimum absolute atomic E-state index is 0.232. The molecule has 4 aromatic rings. The Hall–Kier alpha value is -3.84. The molecule has 0 unspecified atom stereocenters. The van der Waals surface area contributed by atoms with Crippen LogP contribution in [-0.4, -0.2) is 21.4 Å². The number of nitrogens with zero attached hydrogens (tertiary/aromatic N) is 2. The monoisotopic (exact) mass is 433 g/mol. The molecule has 0 saturated heterocycles. The number of aromatic nitrogens is 2. The van der Waals surface area contributed by atoms with Gasteiger partial charge in [-0.1, -0.05) is 17.7 Å². The van der Waals surface area contributed by atoms with Crippen molar-refractivity contribution < 1.29 is 9.59 Å². The Morgan fingerprint density at radius 2 is 1.74 bits per heavy atom. The number of hydrogen-bond donors (Lipinski definition) is 3. The number of fused-ring (bicyclic) bond motifs is 1. The van der Waals surface area contributed by atoms with Crippen LogP contribution < -0.4 is 16.4 Å². The second kappa shape index (κ2) is 8.49. The van der Waals surface area contributed by atoms with E-state index in [1.165, 1.54) is 0 Å². The average molecular weight is 434 g/mol. The minimum Gasteiger partial charge on any atom is -0.378 e. The van der Waals surface area contributed by atoms with Crippen molar-refractivity contribution in [2.24, 2.45) is 12.8 Å². The zero-order valence-corrected chi connectivity index (χ0v) is 17.5. The third kappa shape index (κ3) is 4.51. The quantitative estimate of drug-likeness (QED) is 0.424. The third-order valence-corrected chi connectivity index (χ3v) is 5.17. The zero-order valence-electron chi connectivity index (χ0n) is 16.7. The molecule has 1 heterocycles. The first-order valence-corrected chi connectivity index (χ1v) is 9.94. The molecule has 2 amide bonds. The van der Waals surface area contributed by atoms with Crippen LogP contribution >= 0.6 is 11.6 Å². The number of carbonyl (C=O) groups is 2. The Balaban J connectivity index is 1.50. The highest BCUT2D eigenvalue weighted by Crippen LogP contribution is 2.20. The fourth-order valence-electron chi connectivity index (χ4n) is 3.25. The lowest BCUT2D eigenvalue weighted by atomic mass is 10.2. The van der Waals surface area contributed by atoms with Crippen molar-refractivity contribution in [1.29, 1.82) is 0 Å². The van der Waals surface area contributed by atoms with Gasteiger partial charge in [-0.25, -0.2) is 4.98 Å². The average Bonchev–Trinajstić information content (AvgIpc) is 3.07. The molecule has 0 aliphatic heterocycles. The first-order chi connectivity index (χ1) is 14.9. The van der Waals surface area contributed by atoms with Crippen molar-refractivity contribution in [3.63, 3.8) is 0 Å². The fourth-order valence-corrected chi connectivity index (χ4v) is 3.44. The number of halogens is 1. The second-order valence-electron chi connectivity index (χ2n) is 7.05. The highest BCUT2D eigenvalue weighted by molar-refractivity contribution is 6.31. The van der Waals surface area contributed by atoms with Crippen molar-refractivity contribution in [2.45, 2.75) is 6.54 Å². The highest BCUT2D eigenvalue weighted by atomic mass is 35.5. The van der Waals surface area contributed by atoms with Crippen LogP contribution in [0.25, 0.3) is 11.0 Å². The molecule has 0 spiro atoms. The molecular formula is C23H20ClN5O2. The fraction of sp³-hybridized carbons (Fsp3) is 0.0870. The molecular weight excluding hydrogens is 414 g/mol. The molecule has 31 heavy (non-hydrogen) atoms. The Morgan fingerprint density at radius 1 is 1.00 bits per heavy atom. The summed E-state index contributed by atoms with van der Waals surface area (Å²) in [7, 11) is 1.92. The summed E-state index contributed by atoms with van der Waals surface area (Å²) in [5.41, 5.74) is 9.35. The van der Waals surface area contributed by atoms with Crippen LogP contribution in [0.15, 0.2) is 66.7 Å². The molecule has 156 valence electrons. The number of hydrogen-bond acceptors (Lipinski definition) is 4. The van der Waals surface area contributed by atoms with Gasteiger partial charge in [-0.3, -0.25) is 9.59 Å². The van der Waals surface area contributed by atoms with E-state index in [1.807, 2.05) is 17.7 Å². The Morgan fingerprint density at radius 3 is 2.45 bits per heavy atom. The van der Waals surface area contributed by atoms with Gasteiger partial charge in [-0.05, 0) is 60.7 Å². The first kappa shape index (κ1) is 20.4. The lowest BCUT2D eigenvalue weighted by Gasteiger charge is -2.07. The third-order valence-electron chi connectivity index (χ3n) is 4.94. The predicted molar refractivity (Wildman–Crippen MR) is 122 cm³/mol. The largest absolute Gasteiger partial charge is 0.378 e. The van der Waals surface area contributed by atoms with E-state index in [0.29, 0.717) is 28.4 Å². The molecule has 0 atom stereocenters. The van der Waals surface area contributed by atoms with Gasteiger partial charge >= 0.3 is 0 Å². The van der Waals surface area contributed by atoms with E-state index in [9.17, 15) is 9.59 Å². The zero-order chi connectivity index (χ0) is 22.0. The lowest BCUT2D eigenvalue weighted by molar-refractivity contribution is 0.0997. The van der Waals surface area contributed by atoms with E-state index >= 15 is 0 Å². The van der Waals surface area contributed by atoms with Gasteiger partial charge in [0.1, 0.15) is 5.82 Å². The van der Waals surface area contributed by atoms with Gasteiger partial charge < -0.3 is 20.9 Å². The van der Waals surface area contributed by atoms with Gasteiger partial charge in [0.05, 0.1) is 17.6 Å². The van der Waals surface area contributed by atoms with E-state index in [-0.39, 0.29) is 5.91 Å². The number of amides is 2. The van der Waals surface area contributed by atoms with Gasteiger partial charge in [0.2, 0.25) is 5.91 Å². The maximum Gasteiger partial charge on any atom is 0.255 e. The van der Waals surface area contributed by atoms with Crippen LogP contribution in [0.3, 0.4) is 0 Å². The van der Waals surface area contributed by atoms with Crippen LogP contribution in [-0.2, 0) is 13.6 Å². The molecule has 0 radical (unpaired) electrons. The summed E-state index contributed by atoms with van der Waals surface area (Å²) < 4.78 is 1.97. The van der Waals surface area contributed by atoms with E-state index in [0.717, 1.165) is 22.5 Å². The number of nitrogens with two attached hydrogens (primary N) is 1. The Kier molecular flexibility index (Phi) is 5.60. The molecule has 8 heteroatoms. The number of primary amides is 1. The van der Waals surface area contributed by atoms with Gasteiger partial charge in [0.15, 0.2) is 0 Å². The van der Waals surface area contributed by atoms with Crippen molar-refractivity contribution >= 4 is 45.8 Å². The van der Waals surface area contributed by atoms with Crippen molar-refractivity contribution in [2.75, 3.05) is 10.6 Å². The topological polar surface area (TPSA) is 102 Å². The number of nitrogens with one attached hydrogen (secondary N) is 2. The summed E-state index contributed by atoms with van der Waals surface area (Å²) >= 11 is 5.98. The second-order valence-corrected chi connectivity index (χ2v) is 7.49. The number of benzene rings is 3. The molecule has 3 aromatic carbocycles.